The molecule has 19 aromatic carbocycles. The molecule has 0 saturated carbocycles. The number of hydrogen-bond donors (Lipinski definition) is 0. The average molecular weight is 1860 g/mol. The number of aromatic nitrogens is 8. The Balaban J connectivity index is 0.000000102. The van der Waals surface area contributed by atoms with Crippen molar-refractivity contribution in [3.05, 3.63) is 438 Å². The number of furan rings is 4. The molecular weight excluding hydrogens is 1790 g/mol. The Kier molecular flexibility index (Phi) is 18.4. The monoisotopic (exact) mass is 1860 g/mol. The van der Waals surface area contributed by atoms with Gasteiger partial charge in [0.25, 0.3) is 0 Å². The molecule has 0 N–H and O–H groups in total. The minimum atomic E-state index is 0.673. The first-order chi connectivity index (χ1) is 69.9. The van der Waals surface area contributed by atoms with E-state index in [1.807, 2.05) is 40.9 Å². The molecule has 141 heavy (non-hydrogen) atoms. The minimum absolute atomic E-state index is 0.673. The van der Waals surface area contributed by atoms with Crippen LogP contribution in [-0.4, -0.2) is 39.0 Å². The number of benzene rings is 19. The fourth-order valence-electron chi connectivity index (χ4n) is 21.4. The zero-order valence-electron chi connectivity index (χ0n) is 75.0. The third-order valence-electron chi connectivity index (χ3n) is 27.9. The molecule has 0 saturated heterocycles. The molecule has 31 aromatic rings. The summed E-state index contributed by atoms with van der Waals surface area (Å²) in [5.74, 6) is 0.736. The molecule has 0 unspecified atom stereocenters. The van der Waals surface area contributed by atoms with Crippen LogP contribution in [-0.2, 0) is 0 Å². The van der Waals surface area contributed by atoms with E-state index in [1.54, 1.807) is 30.3 Å². The van der Waals surface area contributed by atoms with Crippen molar-refractivity contribution in [1.82, 2.24) is 39.0 Å². The van der Waals surface area contributed by atoms with Gasteiger partial charge in [0.1, 0.15) is 74.8 Å². The molecule has 0 radical (unpaired) electrons. The minimum Gasteiger partial charge on any atom is -0.455 e. The van der Waals surface area contributed by atoms with Crippen molar-refractivity contribution in [2.24, 2.45) is 0 Å². The fraction of sp³-hybridized carbons (Fsp3) is 0. The average Bonchev–Trinajstić information content (AvgIpc) is 1.58. The molecule has 658 valence electrons. The van der Waals surface area contributed by atoms with Crippen molar-refractivity contribution in [3.8, 4) is 101 Å². The zero-order valence-corrected chi connectivity index (χ0v) is 77.5. The van der Waals surface area contributed by atoms with E-state index in [4.69, 9.17) is 47.6 Å². The van der Waals surface area contributed by atoms with Crippen molar-refractivity contribution < 1.29 is 17.7 Å². The van der Waals surface area contributed by atoms with Crippen molar-refractivity contribution >= 4 is 226 Å². The van der Waals surface area contributed by atoms with Crippen molar-refractivity contribution in [1.29, 1.82) is 0 Å². The molecule has 0 aliphatic heterocycles. The van der Waals surface area contributed by atoms with Gasteiger partial charge < -0.3 is 22.2 Å². The normalized spacial score (nSPS) is 12.0. The van der Waals surface area contributed by atoms with Gasteiger partial charge in [-0.25, -0.2) is 29.9 Å². The van der Waals surface area contributed by atoms with E-state index in [0.29, 0.717) is 11.2 Å². The number of hydrogen-bond acceptors (Lipinski definition) is 13. The first-order valence-electron chi connectivity index (χ1n) is 46.9. The number of thiophene rings is 3. The van der Waals surface area contributed by atoms with Crippen LogP contribution >= 0.6 is 34.0 Å². The summed E-state index contributed by atoms with van der Waals surface area (Å²) in [4.78, 5) is 28.5. The molecule has 12 aromatic heterocycles. The maximum Gasteiger partial charge on any atom is 0.197 e. The first-order valence-corrected chi connectivity index (χ1v) is 49.4. The zero-order chi connectivity index (χ0) is 92.4. The molecule has 31 rings (SSSR count). The Morgan fingerprint density at radius 3 is 1.05 bits per heavy atom. The largest absolute Gasteiger partial charge is 0.455 e. The highest BCUT2D eigenvalue weighted by atomic mass is 32.1. The van der Waals surface area contributed by atoms with Crippen LogP contribution in [0, 0.1) is 0 Å². The van der Waals surface area contributed by atoms with E-state index in [9.17, 15) is 0 Å². The van der Waals surface area contributed by atoms with Gasteiger partial charge in [0.15, 0.2) is 22.6 Å². The summed E-state index contributed by atoms with van der Waals surface area (Å²) in [6.07, 6.45) is 4.95. The number of nitrogens with zero attached hydrogens (tertiary/aromatic N) is 8. The van der Waals surface area contributed by atoms with Crippen LogP contribution in [0.5, 0.6) is 0 Å². The van der Waals surface area contributed by atoms with Gasteiger partial charge in [0.05, 0.1) is 22.1 Å². The smallest absolute Gasteiger partial charge is 0.197 e. The molecule has 0 fully saturated rings. The molecule has 15 heteroatoms. The summed E-state index contributed by atoms with van der Waals surface area (Å²) < 4.78 is 38.1. The number of para-hydroxylation sites is 6. The summed E-state index contributed by atoms with van der Waals surface area (Å²) in [6.45, 7) is 0. The van der Waals surface area contributed by atoms with Crippen LogP contribution in [0.1, 0.15) is 0 Å². The predicted molar refractivity (Wildman–Crippen MR) is 586 cm³/mol. The van der Waals surface area contributed by atoms with E-state index < -0.39 is 0 Å². The van der Waals surface area contributed by atoms with Gasteiger partial charge in [-0.05, 0) is 176 Å². The number of fused-ring (bicyclic) bond motifs is 27. The van der Waals surface area contributed by atoms with Crippen molar-refractivity contribution in [2.45, 2.75) is 0 Å². The predicted octanol–water partition coefficient (Wildman–Crippen LogP) is 35.7. The van der Waals surface area contributed by atoms with Crippen LogP contribution in [0.4, 0.5) is 0 Å². The Labute approximate surface area is 815 Å². The van der Waals surface area contributed by atoms with E-state index in [-0.39, 0.29) is 0 Å². The lowest BCUT2D eigenvalue weighted by molar-refractivity contribution is 0.662. The van der Waals surface area contributed by atoms with Gasteiger partial charge in [-0.2, -0.15) is 0 Å². The second-order valence-electron chi connectivity index (χ2n) is 35.8. The third-order valence-corrected chi connectivity index (χ3v) is 31.5. The van der Waals surface area contributed by atoms with Gasteiger partial charge in [-0.15, -0.1) is 34.0 Å². The quantitative estimate of drug-likeness (QED) is 0.130. The van der Waals surface area contributed by atoms with Crippen LogP contribution in [0.25, 0.3) is 293 Å². The molecular formula is C126H72N8O4S3. The highest BCUT2D eigenvalue weighted by Crippen LogP contribution is 2.50. The van der Waals surface area contributed by atoms with Gasteiger partial charge >= 0.3 is 0 Å². The summed E-state index contributed by atoms with van der Waals surface area (Å²) in [5, 5.41) is 17.8. The van der Waals surface area contributed by atoms with Crippen LogP contribution in [0.2, 0.25) is 0 Å². The van der Waals surface area contributed by atoms with E-state index in [1.165, 1.54) is 110 Å². The molecule has 12 nitrogen and oxygen atoms in total. The first kappa shape index (κ1) is 80.2. The van der Waals surface area contributed by atoms with Gasteiger partial charge in [0, 0.05) is 131 Å². The fourth-order valence-corrected chi connectivity index (χ4v) is 25.1. The second kappa shape index (κ2) is 32.3. The van der Waals surface area contributed by atoms with Gasteiger partial charge in [-0.1, -0.05) is 303 Å². The SMILES string of the molecule is c1cc(-c2ccc3oc4c(-c5cccc6c5sc5ccccc56)ncnc4c3c2)cc(-c2cccc3c2sc2ccccc23)c1.c1cc(-c2cccc(-n3c4ccccc4c4ccccc43)c2)cc(-c2ccc3oc4c(-n5c6ccccc6c6ccccc65)ncnc4c3c2)c1.c1cc(-c2cccc3c2oc2ccccc23)cc(-c2ncnc3c2oc2ccc(-c4cccc5c4sc4ccccc45)cc23)c1. The highest BCUT2D eigenvalue weighted by molar-refractivity contribution is 7.27. The van der Waals surface area contributed by atoms with E-state index >= 15 is 0 Å². The Morgan fingerprint density at radius 2 is 0.511 bits per heavy atom. The van der Waals surface area contributed by atoms with Crippen LogP contribution in [0.15, 0.2) is 455 Å². The molecule has 0 amide bonds. The third kappa shape index (κ3) is 13.0. The molecule has 12 heterocycles. The molecule has 0 spiro atoms. The molecule has 0 aliphatic rings. The van der Waals surface area contributed by atoms with Gasteiger partial charge in [0.2, 0.25) is 0 Å². The summed E-state index contributed by atoms with van der Waals surface area (Å²) >= 11 is 5.50. The van der Waals surface area contributed by atoms with Crippen molar-refractivity contribution in [3.63, 3.8) is 0 Å². The second-order valence-corrected chi connectivity index (χ2v) is 38.9. The van der Waals surface area contributed by atoms with E-state index in [0.717, 1.165) is 172 Å². The number of rotatable bonds is 10. The summed E-state index contributed by atoms with van der Waals surface area (Å²) in [6, 6.07) is 148. The summed E-state index contributed by atoms with van der Waals surface area (Å²) in [7, 11) is 0. The van der Waals surface area contributed by atoms with E-state index in [2.05, 4.69) is 410 Å². The lowest BCUT2D eigenvalue weighted by Gasteiger charge is -2.11. The highest BCUT2D eigenvalue weighted by Gasteiger charge is 2.26. The molecule has 0 atom stereocenters. The Hall–Kier alpha value is -18.1. The molecule has 0 bridgehead atoms. The standard InChI is InChI=1S/C46H28N4O.C40H22N2O2S.C40H22N2OS2/c1-5-19-39-34(15-1)35-16-2-6-20-40(35)49(39)33-14-10-13-31(26-33)29-11-9-12-30(25-29)32-23-24-43-38(27-32)44-45(51-43)46(48-28-47-44)50-41-21-7-3-17-36(41)37-18-4-8-22-42(37)50;1-3-16-33-28(10-1)30-14-6-12-26(38(30)43-33)23-8-5-9-25(20-23)36-39-37(42-22-41-36)32-21-24(18-19-34(32)44-39)27-13-7-15-31-29-11-2-4-17-35(29)45-40(27)31;1-3-16-34-27(10-1)29-13-6-12-26(39(29)44-34)25-9-5-8-23(20-25)24-18-19-33-32(21-24)37-38(43-33)36(41-22-42-37)31-15-7-14-30-28-11-2-4-17-35(28)45-40(30)31/h1-28H;2*1-22H. The van der Waals surface area contributed by atoms with Crippen molar-refractivity contribution in [2.75, 3.05) is 0 Å². The molecule has 0 aliphatic carbocycles. The lowest BCUT2D eigenvalue weighted by Crippen LogP contribution is -1.98. The lowest BCUT2D eigenvalue weighted by atomic mass is 9.97. The maximum absolute atomic E-state index is 6.55. The Bertz CT molecular complexity index is 10500. The van der Waals surface area contributed by atoms with Crippen LogP contribution in [0.3, 0.4) is 0 Å². The maximum atomic E-state index is 6.55. The summed E-state index contributed by atoms with van der Waals surface area (Å²) in [5.41, 5.74) is 31.8. The van der Waals surface area contributed by atoms with Gasteiger partial charge in [-0.3, -0.25) is 4.57 Å². The Morgan fingerprint density at radius 1 is 0.184 bits per heavy atom. The topological polar surface area (TPSA) is 140 Å². The van der Waals surface area contributed by atoms with Crippen LogP contribution < -0.4 is 0 Å².